The summed E-state index contributed by atoms with van der Waals surface area (Å²) in [6, 6.07) is 2.92. The lowest BCUT2D eigenvalue weighted by atomic mass is 9.47. The summed E-state index contributed by atoms with van der Waals surface area (Å²) in [5, 5.41) is 10.6. The van der Waals surface area contributed by atoms with E-state index in [9.17, 15) is 28.8 Å². The van der Waals surface area contributed by atoms with Crippen molar-refractivity contribution in [2.24, 2.45) is 24.3 Å². The molecule has 4 aliphatic rings. The quantitative estimate of drug-likeness (QED) is 0.219. The van der Waals surface area contributed by atoms with E-state index in [-0.39, 0.29) is 47.0 Å². The van der Waals surface area contributed by atoms with Crippen LogP contribution in [0.5, 0.6) is 0 Å². The van der Waals surface area contributed by atoms with Crippen LogP contribution < -0.4 is 26.8 Å². The number of hydrogen-bond acceptors (Lipinski definition) is 7. The molecule has 4 bridgehead atoms. The fourth-order valence-electron chi connectivity index (χ4n) is 7.95. The first-order valence-corrected chi connectivity index (χ1v) is 15.4. The van der Waals surface area contributed by atoms with E-state index < -0.39 is 35.5 Å². The normalized spacial score (nSPS) is 25.0. The summed E-state index contributed by atoms with van der Waals surface area (Å²) in [4.78, 5) is 81.2. The van der Waals surface area contributed by atoms with Crippen LogP contribution in [0, 0.1) is 24.2 Å². The Morgan fingerprint density at radius 2 is 1.80 bits per heavy atom. The minimum Gasteiger partial charge on any atom is -0.350 e. The molecule has 2 aromatic rings. The van der Waals surface area contributed by atoms with Crippen molar-refractivity contribution >= 4 is 35.1 Å². The second-order valence-electron chi connectivity index (χ2n) is 13.2. The average molecular weight is 620 g/mol. The molecule has 240 valence electrons. The zero-order valence-electron chi connectivity index (χ0n) is 26.2. The lowest BCUT2D eigenvalue weighted by molar-refractivity contribution is -0.137. The first-order valence-electron chi connectivity index (χ1n) is 15.4. The van der Waals surface area contributed by atoms with Crippen molar-refractivity contribution in [1.82, 2.24) is 30.1 Å². The van der Waals surface area contributed by atoms with Gasteiger partial charge in [-0.1, -0.05) is 6.92 Å². The molecule has 2 unspecified atom stereocenters. The van der Waals surface area contributed by atoms with Gasteiger partial charge in [0.15, 0.2) is 0 Å². The molecule has 4 amide bonds. The van der Waals surface area contributed by atoms with Crippen molar-refractivity contribution in [2.45, 2.75) is 77.8 Å². The minimum absolute atomic E-state index is 0.121. The van der Waals surface area contributed by atoms with Crippen molar-refractivity contribution in [2.75, 3.05) is 11.9 Å². The average Bonchev–Trinajstić information content (AvgIpc) is 3.29. The molecule has 0 spiro atoms. The first kappa shape index (κ1) is 31.9. The molecule has 4 fully saturated rings. The smallest absolute Gasteiger partial charge is 0.287 e. The summed E-state index contributed by atoms with van der Waals surface area (Å²) < 4.78 is 2.75. The molecular weight excluding hydrogens is 578 g/mol. The number of pyridine rings is 1. The van der Waals surface area contributed by atoms with E-state index in [1.807, 2.05) is 0 Å². The van der Waals surface area contributed by atoms with Gasteiger partial charge in [-0.2, -0.15) is 0 Å². The number of ketones is 1. The van der Waals surface area contributed by atoms with Gasteiger partial charge in [-0.05, 0) is 87.8 Å². The van der Waals surface area contributed by atoms with Gasteiger partial charge in [0.25, 0.3) is 23.3 Å². The third-order valence-corrected chi connectivity index (χ3v) is 9.37. The highest BCUT2D eigenvalue weighted by atomic mass is 16.2. The molecule has 0 aromatic carbocycles. The fraction of sp³-hybridized carbons (Fsp3) is 0.531. The Bertz CT molecular complexity index is 1620. The van der Waals surface area contributed by atoms with Gasteiger partial charge < -0.3 is 30.4 Å². The maximum absolute atomic E-state index is 13.4. The molecule has 45 heavy (non-hydrogen) atoms. The number of aryl methyl sites for hydroxylation is 1. The molecule has 6 rings (SSSR count). The maximum Gasteiger partial charge on any atom is 0.287 e. The summed E-state index contributed by atoms with van der Waals surface area (Å²) in [5.41, 5.74) is -0.893. The molecule has 4 aliphatic carbocycles. The topological polar surface area (TPSA) is 173 Å². The predicted molar refractivity (Wildman–Crippen MR) is 165 cm³/mol. The van der Waals surface area contributed by atoms with E-state index in [1.54, 1.807) is 20.9 Å². The number of nitrogens with one attached hydrogen (secondary N) is 4. The Labute approximate surface area is 261 Å². The number of hydrogen-bond donors (Lipinski definition) is 4. The van der Waals surface area contributed by atoms with Gasteiger partial charge in [-0.3, -0.25) is 28.8 Å². The van der Waals surface area contributed by atoms with E-state index in [0.29, 0.717) is 17.7 Å². The Kier molecular flexibility index (Phi) is 8.81. The van der Waals surface area contributed by atoms with Crippen LogP contribution in [0.4, 0.5) is 5.69 Å². The second-order valence-corrected chi connectivity index (χ2v) is 13.2. The Hall–Kier alpha value is -4.55. The van der Waals surface area contributed by atoms with Gasteiger partial charge in [-0.25, -0.2) is 4.98 Å². The van der Waals surface area contributed by atoms with E-state index >= 15 is 0 Å². The summed E-state index contributed by atoms with van der Waals surface area (Å²) in [6.45, 7) is 5.72. The second kappa shape index (κ2) is 12.4. The SMILES string of the molecule is CCNC(=O)C(=O)C/C=C(/NC(=O)c1cnc(C)n1C)C(=O)Nc1cccn(CC(=O)NC23CC4CC(CC(C)(C4)C2)C3)c1=O. The Balaban J connectivity index is 1.30. The highest BCUT2D eigenvalue weighted by Crippen LogP contribution is 2.61. The van der Waals surface area contributed by atoms with Gasteiger partial charge in [0.1, 0.15) is 29.4 Å². The molecule has 13 heteroatoms. The predicted octanol–water partition coefficient (Wildman–Crippen LogP) is 1.71. The van der Waals surface area contributed by atoms with Gasteiger partial charge in [0.05, 0.1) is 6.20 Å². The molecule has 0 saturated heterocycles. The number of Topliss-reactive ketones (excluding diaryl/α,β-unsaturated/α-hetero) is 1. The minimum atomic E-state index is -0.882. The van der Waals surface area contributed by atoms with Crippen LogP contribution in [0.15, 0.2) is 41.1 Å². The van der Waals surface area contributed by atoms with E-state index in [4.69, 9.17) is 0 Å². The highest BCUT2D eigenvalue weighted by molar-refractivity contribution is 6.36. The van der Waals surface area contributed by atoms with Crippen molar-refractivity contribution in [3.63, 3.8) is 0 Å². The Morgan fingerprint density at radius 3 is 2.42 bits per heavy atom. The number of rotatable bonds is 11. The van der Waals surface area contributed by atoms with Gasteiger partial charge in [-0.15, -0.1) is 0 Å². The number of allylic oxidation sites excluding steroid dienone is 1. The van der Waals surface area contributed by atoms with Crippen LogP contribution in [0.3, 0.4) is 0 Å². The molecule has 2 aromatic heterocycles. The highest BCUT2D eigenvalue weighted by Gasteiger charge is 2.56. The van der Waals surface area contributed by atoms with Crippen LogP contribution in [-0.2, 0) is 32.8 Å². The zero-order chi connectivity index (χ0) is 32.5. The number of carbonyl (C=O) groups is 5. The molecule has 4 saturated carbocycles. The van der Waals surface area contributed by atoms with Gasteiger partial charge >= 0.3 is 0 Å². The number of imidazole rings is 1. The molecule has 0 radical (unpaired) electrons. The number of likely N-dealkylation sites (N-methyl/N-ethyl adjacent to an activating group) is 1. The van der Waals surface area contributed by atoms with Crippen LogP contribution in [0.25, 0.3) is 0 Å². The molecule has 0 aliphatic heterocycles. The third kappa shape index (κ3) is 6.91. The fourth-order valence-corrected chi connectivity index (χ4v) is 7.95. The molecule has 4 N–H and O–H groups in total. The number of aromatic nitrogens is 3. The standard InChI is InChI=1S/C32H41N7O6/c1-5-33-29(44)25(40)9-8-22(35-28(43)24-16-34-19(2)38(24)4)27(42)36-23-7-6-10-39(30(23)45)17-26(41)37-32-14-20-11-21(15-32)13-31(3,12-20)18-32/h6-8,10,16,20-21H,5,9,11-15,17-18H2,1-4H3,(H,33,44)(H,35,43)(H,36,42)(H,37,41)/b22-8+. The van der Waals surface area contributed by atoms with E-state index in [1.165, 1.54) is 52.9 Å². The molecule has 13 nitrogen and oxygen atoms in total. The summed E-state index contributed by atoms with van der Waals surface area (Å²) in [6.07, 6.45) is 10.0. The molecule has 2 heterocycles. The molecule has 2 atom stereocenters. The van der Waals surface area contributed by atoms with Gasteiger partial charge in [0.2, 0.25) is 11.7 Å². The van der Waals surface area contributed by atoms with Crippen LogP contribution in [0.2, 0.25) is 0 Å². The van der Waals surface area contributed by atoms with Gasteiger partial charge in [0, 0.05) is 31.7 Å². The van der Waals surface area contributed by atoms with Crippen molar-refractivity contribution in [3.05, 3.63) is 58.2 Å². The number of amides is 4. The van der Waals surface area contributed by atoms with Crippen molar-refractivity contribution in [1.29, 1.82) is 0 Å². The van der Waals surface area contributed by atoms with Crippen molar-refractivity contribution < 1.29 is 24.0 Å². The third-order valence-electron chi connectivity index (χ3n) is 9.37. The first-order chi connectivity index (χ1) is 21.3. The number of carbonyl (C=O) groups excluding carboxylic acids is 5. The number of nitrogens with zero attached hydrogens (tertiary/aromatic N) is 3. The lowest BCUT2D eigenvalue weighted by Gasteiger charge is -2.61. The number of anilines is 1. The maximum atomic E-state index is 13.4. The van der Waals surface area contributed by atoms with Crippen LogP contribution in [0.1, 0.15) is 75.1 Å². The van der Waals surface area contributed by atoms with Crippen LogP contribution in [-0.4, -0.2) is 55.6 Å². The zero-order valence-corrected chi connectivity index (χ0v) is 26.2. The van der Waals surface area contributed by atoms with E-state index in [2.05, 4.69) is 33.2 Å². The van der Waals surface area contributed by atoms with E-state index in [0.717, 1.165) is 25.3 Å². The monoisotopic (exact) mass is 619 g/mol. The largest absolute Gasteiger partial charge is 0.350 e. The summed E-state index contributed by atoms with van der Waals surface area (Å²) in [7, 11) is 1.63. The Morgan fingerprint density at radius 1 is 1.09 bits per heavy atom. The van der Waals surface area contributed by atoms with Crippen LogP contribution >= 0.6 is 0 Å². The molecular formula is C32H41N7O6. The summed E-state index contributed by atoms with van der Waals surface area (Å²) in [5.74, 6) is -1.64. The lowest BCUT2D eigenvalue weighted by Crippen LogP contribution is -2.62. The summed E-state index contributed by atoms with van der Waals surface area (Å²) >= 11 is 0. The van der Waals surface area contributed by atoms with Crippen molar-refractivity contribution in [3.8, 4) is 0 Å².